The molecule has 0 radical (unpaired) electrons. The Balaban J connectivity index is 2.27. The molecule has 4 heteroatoms. The van der Waals surface area contributed by atoms with E-state index in [0.29, 0.717) is 5.76 Å². The summed E-state index contributed by atoms with van der Waals surface area (Å²) < 4.78 is 5.35. The zero-order valence-electron chi connectivity index (χ0n) is 15.7. The van der Waals surface area contributed by atoms with Gasteiger partial charge in [-0.25, -0.2) is 4.79 Å². The number of carbonyl (C=O) groups is 1. The largest absolute Gasteiger partial charge is 0.487 e. The minimum Gasteiger partial charge on any atom is -0.487 e. The van der Waals surface area contributed by atoms with E-state index in [9.17, 15) is 4.79 Å². The second-order valence-electron chi connectivity index (χ2n) is 6.34. The van der Waals surface area contributed by atoms with Gasteiger partial charge in [-0.1, -0.05) is 91.0 Å². The van der Waals surface area contributed by atoms with Crippen molar-refractivity contribution in [3.8, 4) is 0 Å². The van der Waals surface area contributed by atoms with Crippen LogP contribution in [0.25, 0.3) is 0 Å². The fourth-order valence-electron chi connectivity index (χ4n) is 3.14. The molecule has 0 aliphatic heterocycles. The van der Waals surface area contributed by atoms with Crippen LogP contribution in [0.5, 0.6) is 0 Å². The smallest absolute Gasteiger partial charge is 0.341 e. The van der Waals surface area contributed by atoms with E-state index < -0.39 is 12.9 Å². The number of rotatable bonds is 7. The highest BCUT2D eigenvalue weighted by Gasteiger charge is 2.24. The summed E-state index contributed by atoms with van der Waals surface area (Å²) in [6.07, 6.45) is 1.91. The number of benzene rings is 3. The normalized spacial score (nSPS) is 11.7. The van der Waals surface area contributed by atoms with E-state index in [1.54, 1.807) is 6.92 Å². The molecule has 0 heterocycles. The van der Waals surface area contributed by atoms with E-state index in [1.807, 2.05) is 24.3 Å². The van der Waals surface area contributed by atoms with Gasteiger partial charge >= 0.3 is 5.97 Å². The van der Waals surface area contributed by atoms with E-state index in [-0.39, 0.29) is 6.61 Å². The molecule has 0 amide bonds. The predicted molar refractivity (Wildman–Crippen MR) is 119 cm³/mol. The van der Waals surface area contributed by atoms with Gasteiger partial charge in [0.1, 0.15) is 0 Å². The van der Waals surface area contributed by atoms with Crippen LogP contribution in [0.1, 0.15) is 6.92 Å². The molecule has 3 aromatic carbocycles. The van der Waals surface area contributed by atoms with Crippen molar-refractivity contribution in [3.63, 3.8) is 0 Å². The molecule has 0 bridgehead atoms. The molecule has 0 spiro atoms. The summed E-state index contributed by atoms with van der Waals surface area (Å²) in [5.41, 5.74) is 0. The first-order valence-electron chi connectivity index (χ1n) is 9.06. The molecule has 0 saturated carbocycles. The maximum atomic E-state index is 10.8. The van der Waals surface area contributed by atoms with Crippen LogP contribution >= 0.6 is 6.89 Å². The van der Waals surface area contributed by atoms with Crippen molar-refractivity contribution in [3.05, 3.63) is 103 Å². The molecule has 0 aromatic heterocycles. The summed E-state index contributed by atoms with van der Waals surface area (Å²) in [6.45, 7) is -0.640. The zero-order chi connectivity index (χ0) is 19.8. The average Bonchev–Trinajstić information content (AvgIpc) is 2.75. The topological polar surface area (TPSA) is 46.5 Å². The summed E-state index contributed by atoms with van der Waals surface area (Å²) in [5, 5.41) is 12.6. The molecule has 28 heavy (non-hydrogen) atoms. The van der Waals surface area contributed by atoms with Gasteiger partial charge in [0.15, 0.2) is 6.61 Å². The predicted octanol–water partition coefficient (Wildman–Crippen LogP) is 3.79. The van der Waals surface area contributed by atoms with Gasteiger partial charge < -0.3 is 9.84 Å². The van der Waals surface area contributed by atoms with Crippen molar-refractivity contribution in [2.45, 2.75) is 6.92 Å². The maximum absolute atomic E-state index is 10.8. The lowest BCUT2D eigenvalue weighted by molar-refractivity contribution is -0.140. The van der Waals surface area contributed by atoms with Crippen LogP contribution in [0.15, 0.2) is 103 Å². The quantitative estimate of drug-likeness (QED) is 0.493. The Hall–Kier alpha value is -3.03. The summed E-state index contributed by atoms with van der Waals surface area (Å²) in [6, 6.07) is 31.3. The number of aliphatic carboxylic acids is 1. The first-order valence-corrected chi connectivity index (χ1v) is 10.9. The first-order chi connectivity index (χ1) is 13.6. The number of ether oxygens (including phenoxy) is 1. The highest BCUT2D eigenvalue weighted by Crippen LogP contribution is 2.43. The molecule has 3 rings (SSSR count). The number of carboxylic acids is 1. The van der Waals surface area contributed by atoms with Crippen LogP contribution in [0, 0.1) is 0 Å². The number of carboxylic acid groups (broad SMARTS) is 1. The Labute approximate surface area is 165 Å². The molecule has 1 N–H and O–H groups in total. The van der Waals surface area contributed by atoms with E-state index in [4.69, 9.17) is 9.84 Å². The summed E-state index contributed by atoms with van der Waals surface area (Å²) in [7, 11) is 0. The van der Waals surface area contributed by atoms with Crippen LogP contribution in [0.4, 0.5) is 0 Å². The van der Waals surface area contributed by atoms with E-state index in [0.717, 1.165) is 0 Å². The summed E-state index contributed by atoms with van der Waals surface area (Å²) >= 11 is 0. The third-order valence-corrected chi connectivity index (χ3v) is 8.38. The number of allylic oxidation sites excluding steroid dienone is 2. The van der Waals surface area contributed by atoms with Crippen LogP contribution in [-0.4, -0.2) is 23.5 Å². The van der Waals surface area contributed by atoms with E-state index >= 15 is 0 Å². The Morgan fingerprint density at radius 3 is 1.57 bits per heavy atom. The minimum absolute atomic E-state index is 0.344. The number of hydrogen-bond donors (Lipinski definition) is 1. The van der Waals surface area contributed by atoms with Crippen molar-refractivity contribution in [1.82, 2.24) is 0 Å². The molecule has 0 aliphatic rings. The monoisotopic (exact) mass is 390 g/mol. The lowest BCUT2D eigenvalue weighted by Gasteiger charge is -2.28. The molecular formula is C24H23O3P. The van der Waals surface area contributed by atoms with Gasteiger partial charge in [0.2, 0.25) is 0 Å². The fourth-order valence-corrected chi connectivity index (χ4v) is 6.91. The van der Waals surface area contributed by atoms with Crippen LogP contribution in [-0.2, 0) is 9.53 Å². The molecule has 142 valence electrons. The Morgan fingerprint density at radius 2 is 1.21 bits per heavy atom. The molecule has 0 saturated heterocycles. The van der Waals surface area contributed by atoms with Gasteiger partial charge in [0.25, 0.3) is 0 Å². The SMILES string of the molecule is CC(=CC=P(c1ccccc1)(c1ccccc1)c1ccccc1)OCC(=O)O. The molecule has 0 fully saturated rings. The molecule has 3 nitrogen and oxygen atoms in total. The second kappa shape index (κ2) is 9.25. The van der Waals surface area contributed by atoms with Crippen molar-refractivity contribution >= 4 is 34.6 Å². The fraction of sp³-hybridized carbons (Fsp3) is 0.0833. The highest BCUT2D eigenvalue weighted by molar-refractivity contribution is 7.94. The van der Waals surface area contributed by atoms with Gasteiger partial charge in [-0.15, -0.1) is 0 Å². The highest BCUT2D eigenvalue weighted by atomic mass is 31.2. The lowest BCUT2D eigenvalue weighted by Crippen LogP contribution is -2.26. The first kappa shape index (κ1) is 19.7. The molecule has 0 unspecified atom stereocenters. The van der Waals surface area contributed by atoms with Crippen molar-refractivity contribution in [2.75, 3.05) is 6.61 Å². The Bertz CT molecular complexity index is 890. The molecule has 0 atom stereocenters. The molecule has 3 aromatic rings. The average molecular weight is 390 g/mol. The van der Waals surface area contributed by atoms with Gasteiger partial charge in [-0.2, -0.15) is 0 Å². The van der Waals surface area contributed by atoms with Crippen molar-refractivity contribution in [1.29, 1.82) is 0 Å². The zero-order valence-corrected chi connectivity index (χ0v) is 16.6. The Morgan fingerprint density at radius 1 is 0.821 bits per heavy atom. The van der Waals surface area contributed by atoms with Gasteiger partial charge in [-0.3, -0.25) is 0 Å². The standard InChI is InChI=1S/C24H23O3P/c1-20(27-19-24(25)26)17-18-28(21-11-5-2-6-12-21,22-13-7-3-8-14-22)23-15-9-4-10-16-23/h2-18H,19H2,1H3,(H,25,26). The third-order valence-electron chi connectivity index (χ3n) is 4.45. The van der Waals surface area contributed by atoms with E-state index in [2.05, 4.69) is 78.6 Å². The van der Waals surface area contributed by atoms with Crippen LogP contribution < -0.4 is 15.9 Å². The maximum Gasteiger partial charge on any atom is 0.341 e. The van der Waals surface area contributed by atoms with Gasteiger partial charge in [0.05, 0.1) is 5.76 Å². The Kier molecular flexibility index (Phi) is 6.52. The minimum atomic E-state index is -2.08. The van der Waals surface area contributed by atoms with Crippen LogP contribution in [0.2, 0.25) is 0 Å². The number of hydrogen-bond acceptors (Lipinski definition) is 2. The lowest BCUT2D eigenvalue weighted by atomic mass is 10.4. The van der Waals surface area contributed by atoms with Crippen molar-refractivity contribution in [2.24, 2.45) is 0 Å². The summed E-state index contributed by atoms with van der Waals surface area (Å²) in [5.74, 6) is 1.79. The van der Waals surface area contributed by atoms with Crippen LogP contribution in [0.3, 0.4) is 0 Å². The van der Waals surface area contributed by atoms with Gasteiger partial charge in [-0.05, 0) is 41.6 Å². The van der Waals surface area contributed by atoms with Gasteiger partial charge in [0, 0.05) is 0 Å². The van der Waals surface area contributed by atoms with Crippen molar-refractivity contribution < 1.29 is 14.6 Å². The third kappa shape index (κ3) is 4.44. The summed E-state index contributed by atoms with van der Waals surface area (Å²) in [4.78, 5) is 10.8. The molecular weight excluding hydrogens is 367 g/mol. The molecule has 0 aliphatic carbocycles. The second-order valence-corrected chi connectivity index (χ2v) is 9.63. The van der Waals surface area contributed by atoms with E-state index in [1.165, 1.54) is 15.9 Å².